The van der Waals surface area contributed by atoms with Gasteiger partial charge in [-0.1, -0.05) is 12.1 Å². The number of hydrogen-bond acceptors (Lipinski definition) is 2. The Kier molecular flexibility index (Phi) is 3.97. The van der Waals surface area contributed by atoms with Crippen molar-refractivity contribution in [3.05, 3.63) is 59.3 Å². The predicted molar refractivity (Wildman–Crippen MR) is 86.8 cm³/mol. The third-order valence-corrected chi connectivity index (χ3v) is 3.85. The first-order chi connectivity index (χ1) is 11.8. The summed E-state index contributed by atoms with van der Waals surface area (Å²) in [6, 6.07) is 11.5. The predicted octanol–water partition coefficient (Wildman–Crippen LogP) is 4.08. The lowest BCUT2D eigenvalue weighted by molar-refractivity contribution is -0.137. The molecule has 0 bridgehead atoms. The number of nitrogens with zero attached hydrogens (tertiary/aromatic N) is 1. The average molecular weight is 343 g/mol. The number of rotatable bonds is 2. The molecule has 0 aliphatic heterocycles. The van der Waals surface area contributed by atoms with Gasteiger partial charge < -0.3 is 10.3 Å². The fraction of sp³-hybridized carbons (Fsp3) is 0.111. The molecule has 0 aliphatic carbocycles. The van der Waals surface area contributed by atoms with Crippen LogP contribution in [0.2, 0.25) is 0 Å². The highest BCUT2D eigenvalue weighted by Crippen LogP contribution is 2.34. The number of aromatic nitrogens is 1. The Morgan fingerprint density at radius 2 is 1.84 bits per heavy atom. The molecule has 7 heteroatoms. The van der Waals surface area contributed by atoms with E-state index in [2.05, 4.69) is 10.3 Å². The number of alkyl halides is 3. The minimum Gasteiger partial charge on any atom is -0.354 e. The van der Waals surface area contributed by atoms with Gasteiger partial charge in [0.25, 0.3) is 5.91 Å². The Morgan fingerprint density at radius 1 is 1.16 bits per heavy atom. The van der Waals surface area contributed by atoms with Crippen LogP contribution in [-0.2, 0) is 6.18 Å². The Morgan fingerprint density at radius 3 is 2.40 bits per heavy atom. The van der Waals surface area contributed by atoms with E-state index in [0.717, 1.165) is 12.1 Å². The van der Waals surface area contributed by atoms with Crippen molar-refractivity contribution in [1.82, 2.24) is 10.3 Å². The van der Waals surface area contributed by atoms with Gasteiger partial charge in [-0.05, 0) is 35.9 Å². The van der Waals surface area contributed by atoms with Gasteiger partial charge in [-0.25, -0.2) is 0 Å². The smallest absolute Gasteiger partial charge is 0.354 e. The molecular formula is C18H12F3N3O. The topological polar surface area (TPSA) is 68.7 Å². The van der Waals surface area contributed by atoms with Crippen molar-refractivity contribution in [2.24, 2.45) is 0 Å². The Bertz CT molecular complexity index is 995. The number of benzene rings is 2. The lowest BCUT2D eigenvalue weighted by atomic mass is 9.99. The van der Waals surface area contributed by atoms with Crippen LogP contribution in [0, 0.1) is 11.3 Å². The fourth-order valence-corrected chi connectivity index (χ4v) is 2.63. The molecule has 1 aromatic heterocycles. The van der Waals surface area contributed by atoms with Crippen molar-refractivity contribution >= 4 is 16.8 Å². The van der Waals surface area contributed by atoms with Crippen LogP contribution in [0.3, 0.4) is 0 Å². The van der Waals surface area contributed by atoms with Gasteiger partial charge in [-0.15, -0.1) is 0 Å². The number of aromatic amines is 1. The number of fused-ring (bicyclic) bond motifs is 1. The summed E-state index contributed by atoms with van der Waals surface area (Å²) in [6.07, 6.45) is -4.42. The lowest BCUT2D eigenvalue weighted by Crippen LogP contribution is -2.17. The Labute approximate surface area is 140 Å². The molecule has 4 nitrogen and oxygen atoms in total. The summed E-state index contributed by atoms with van der Waals surface area (Å²) >= 11 is 0. The van der Waals surface area contributed by atoms with Crippen molar-refractivity contribution in [1.29, 1.82) is 5.26 Å². The van der Waals surface area contributed by atoms with Crippen LogP contribution < -0.4 is 5.32 Å². The highest BCUT2D eigenvalue weighted by Gasteiger charge is 2.30. The summed E-state index contributed by atoms with van der Waals surface area (Å²) in [4.78, 5) is 14.8. The van der Waals surface area contributed by atoms with E-state index in [1.807, 2.05) is 6.07 Å². The molecule has 126 valence electrons. The first kappa shape index (κ1) is 16.6. The van der Waals surface area contributed by atoms with E-state index in [0.29, 0.717) is 33.3 Å². The summed E-state index contributed by atoms with van der Waals surface area (Å²) in [6.45, 7) is 0. The van der Waals surface area contributed by atoms with Gasteiger partial charge in [0.1, 0.15) is 5.69 Å². The SMILES string of the molecule is CNC(=O)c1cc2cc(C#N)cc(-c3ccc(C(F)(F)F)cc3)c2[nH]1. The van der Waals surface area contributed by atoms with Crippen LogP contribution in [-0.4, -0.2) is 17.9 Å². The maximum atomic E-state index is 12.7. The second-order valence-corrected chi connectivity index (χ2v) is 5.44. The van der Waals surface area contributed by atoms with Crippen molar-refractivity contribution < 1.29 is 18.0 Å². The van der Waals surface area contributed by atoms with Crippen molar-refractivity contribution in [2.45, 2.75) is 6.18 Å². The first-order valence-corrected chi connectivity index (χ1v) is 7.30. The van der Waals surface area contributed by atoms with Gasteiger partial charge in [0.05, 0.1) is 22.7 Å². The van der Waals surface area contributed by atoms with E-state index in [-0.39, 0.29) is 5.91 Å². The maximum Gasteiger partial charge on any atom is 0.416 e. The van der Waals surface area contributed by atoms with Crippen LogP contribution in [0.25, 0.3) is 22.0 Å². The van der Waals surface area contributed by atoms with E-state index in [9.17, 15) is 23.2 Å². The maximum absolute atomic E-state index is 12.7. The van der Waals surface area contributed by atoms with Crippen molar-refractivity contribution in [3.63, 3.8) is 0 Å². The van der Waals surface area contributed by atoms with E-state index in [1.165, 1.54) is 19.2 Å². The number of H-pyrrole nitrogens is 1. The zero-order valence-corrected chi connectivity index (χ0v) is 13.0. The van der Waals surface area contributed by atoms with Crippen LogP contribution in [0.4, 0.5) is 13.2 Å². The quantitative estimate of drug-likeness (QED) is 0.736. The third kappa shape index (κ3) is 3.06. The zero-order valence-electron chi connectivity index (χ0n) is 13.0. The highest BCUT2D eigenvalue weighted by molar-refractivity contribution is 6.02. The Balaban J connectivity index is 2.19. The summed E-state index contributed by atoms with van der Waals surface area (Å²) in [5.41, 5.74) is 1.56. The molecule has 2 aromatic carbocycles. The van der Waals surface area contributed by atoms with Gasteiger partial charge >= 0.3 is 6.18 Å². The number of nitriles is 1. The fourth-order valence-electron chi connectivity index (χ4n) is 2.63. The van der Waals surface area contributed by atoms with Crippen LogP contribution in [0.5, 0.6) is 0 Å². The minimum absolute atomic E-state index is 0.306. The number of halogens is 3. The molecule has 1 amide bonds. The van der Waals surface area contributed by atoms with Crippen molar-refractivity contribution in [3.8, 4) is 17.2 Å². The number of nitrogens with one attached hydrogen (secondary N) is 2. The molecule has 0 saturated heterocycles. The number of hydrogen-bond donors (Lipinski definition) is 2. The van der Waals surface area contributed by atoms with E-state index < -0.39 is 11.7 Å². The standard InChI is InChI=1S/C18H12F3N3O/c1-23-17(25)15-8-12-6-10(9-22)7-14(16(12)24-15)11-2-4-13(5-3-11)18(19,20)21/h2-8,24H,1H3,(H,23,25). The van der Waals surface area contributed by atoms with Crippen LogP contribution >= 0.6 is 0 Å². The van der Waals surface area contributed by atoms with Crippen molar-refractivity contribution in [2.75, 3.05) is 7.05 Å². The largest absolute Gasteiger partial charge is 0.416 e. The van der Waals surface area contributed by atoms with Gasteiger partial charge in [-0.2, -0.15) is 18.4 Å². The number of carbonyl (C=O) groups is 1. The van der Waals surface area contributed by atoms with Gasteiger partial charge in [0.2, 0.25) is 0 Å². The highest BCUT2D eigenvalue weighted by atomic mass is 19.4. The second-order valence-electron chi connectivity index (χ2n) is 5.44. The molecule has 0 unspecified atom stereocenters. The Hall–Kier alpha value is -3.27. The number of amides is 1. The molecule has 3 rings (SSSR count). The molecule has 0 atom stereocenters. The van der Waals surface area contributed by atoms with Gasteiger partial charge in [-0.3, -0.25) is 4.79 Å². The van der Waals surface area contributed by atoms with Gasteiger partial charge in [0, 0.05) is 18.0 Å². The lowest BCUT2D eigenvalue weighted by Gasteiger charge is -2.09. The van der Waals surface area contributed by atoms with E-state index >= 15 is 0 Å². The molecule has 3 aromatic rings. The molecule has 0 saturated carbocycles. The molecule has 0 fully saturated rings. The summed E-state index contributed by atoms with van der Waals surface area (Å²) in [7, 11) is 1.49. The van der Waals surface area contributed by atoms with Crippen LogP contribution in [0.15, 0.2) is 42.5 Å². The van der Waals surface area contributed by atoms with E-state index in [1.54, 1.807) is 18.2 Å². The molecule has 0 aliphatic rings. The zero-order chi connectivity index (χ0) is 18.2. The monoisotopic (exact) mass is 343 g/mol. The molecule has 0 spiro atoms. The third-order valence-electron chi connectivity index (χ3n) is 3.85. The molecule has 0 radical (unpaired) electrons. The van der Waals surface area contributed by atoms with E-state index in [4.69, 9.17) is 0 Å². The minimum atomic E-state index is -4.42. The molecule has 1 heterocycles. The van der Waals surface area contributed by atoms with Gasteiger partial charge in [0.15, 0.2) is 0 Å². The molecular weight excluding hydrogens is 331 g/mol. The summed E-state index contributed by atoms with van der Waals surface area (Å²) in [5, 5.41) is 12.3. The molecule has 25 heavy (non-hydrogen) atoms. The summed E-state index contributed by atoms with van der Waals surface area (Å²) < 4.78 is 38.2. The summed E-state index contributed by atoms with van der Waals surface area (Å²) in [5.74, 6) is -0.326. The number of carbonyl (C=O) groups excluding carboxylic acids is 1. The molecule has 2 N–H and O–H groups in total. The second kappa shape index (κ2) is 5.98. The average Bonchev–Trinajstić information content (AvgIpc) is 3.03. The first-order valence-electron chi connectivity index (χ1n) is 7.30. The van der Waals surface area contributed by atoms with Crippen LogP contribution in [0.1, 0.15) is 21.6 Å². The normalized spacial score (nSPS) is 11.3.